The maximum absolute atomic E-state index is 3.42. The Balaban J connectivity index is 2.04. The van der Waals surface area contributed by atoms with E-state index < -0.39 is 0 Å². The van der Waals surface area contributed by atoms with E-state index in [0.717, 1.165) is 0 Å². The molecule has 0 aromatic rings. The molecule has 52 valence electrons. The van der Waals surface area contributed by atoms with Crippen LogP contribution in [-0.2, 0) is 0 Å². The van der Waals surface area contributed by atoms with Crippen LogP contribution in [0.1, 0.15) is 12.8 Å². The second-order valence-electron chi connectivity index (χ2n) is 3.35. The highest BCUT2D eigenvalue weighted by atomic mass is 15.0. The van der Waals surface area contributed by atoms with Crippen molar-refractivity contribution in [3.63, 3.8) is 0 Å². The molecule has 2 aliphatic heterocycles. The van der Waals surface area contributed by atoms with Gasteiger partial charge >= 0.3 is 0 Å². The van der Waals surface area contributed by atoms with Gasteiger partial charge in [-0.1, -0.05) is 0 Å². The Bertz CT molecular complexity index is 82.0. The zero-order valence-corrected chi connectivity index (χ0v) is 5.74. The molecule has 0 atom stereocenters. The van der Waals surface area contributed by atoms with E-state index in [2.05, 4.69) is 10.6 Å². The fraction of sp³-hybridized carbons (Fsp3) is 1.00. The summed E-state index contributed by atoms with van der Waals surface area (Å²) in [5.41, 5.74) is 0.667. The summed E-state index contributed by atoms with van der Waals surface area (Å²) in [5, 5.41) is 6.83. The van der Waals surface area contributed by atoms with Crippen LogP contribution in [0.4, 0.5) is 0 Å². The van der Waals surface area contributed by atoms with Gasteiger partial charge in [0.25, 0.3) is 0 Å². The molecule has 1 spiro atoms. The Morgan fingerprint density at radius 3 is 1.78 bits per heavy atom. The normalized spacial score (nSPS) is 32.0. The van der Waals surface area contributed by atoms with Crippen LogP contribution in [0, 0.1) is 5.41 Å². The lowest BCUT2D eigenvalue weighted by Crippen LogP contribution is -2.26. The molecule has 0 bridgehead atoms. The van der Waals surface area contributed by atoms with Gasteiger partial charge in [0.15, 0.2) is 0 Å². The number of nitrogens with one attached hydrogen (secondary N) is 2. The molecule has 0 saturated carbocycles. The quantitative estimate of drug-likeness (QED) is 0.476. The zero-order valence-electron chi connectivity index (χ0n) is 5.74. The Hall–Kier alpha value is -0.0800. The fourth-order valence-corrected chi connectivity index (χ4v) is 1.96. The molecule has 0 aromatic heterocycles. The minimum atomic E-state index is 0.667. The summed E-state index contributed by atoms with van der Waals surface area (Å²) < 4.78 is 0. The topological polar surface area (TPSA) is 24.1 Å². The van der Waals surface area contributed by atoms with Gasteiger partial charge in [0.1, 0.15) is 0 Å². The van der Waals surface area contributed by atoms with E-state index in [9.17, 15) is 0 Å². The van der Waals surface area contributed by atoms with Crippen molar-refractivity contribution in [1.29, 1.82) is 0 Å². The first kappa shape index (κ1) is 5.69. The molecule has 9 heavy (non-hydrogen) atoms. The van der Waals surface area contributed by atoms with Crippen LogP contribution in [0.5, 0.6) is 0 Å². The van der Waals surface area contributed by atoms with Crippen molar-refractivity contribution in [3.05, 3.63) is 0 Å². The molecule has 2 rings (SSSR count). The summed E-state index contributed by atoms with van der Waals surface area (Å²) >= 11 is 0. The third-order valence-electron chi connectivity index (χ3n) is 2.66. The van der Waals surface area contributed by atoms with Gasteiger partial charge in [0, 0.05) is 13.1 Å². The largest absolute Gasteiger partial charge is 0.316 e. The Kier molecular flexibility index (Phi) is 1.24. The predicted molar refractivity (Wildman–Crippen MR) is 37.4 cm³/mol. The van der Waals surface area contributed by atoms with Crippen LogP contribution in [0.2, 0.25) is 0 Å². The van der Waals surface area contributed by atoms with Crippen LogP contribution >= 0.6 is 0 Å². The molecule has 2 aliphatic rings. The van der Waals surface area contributed by atoms with Crippen molar-refractivity contribution in [1.82, 2.24) is 10.6 Å². The van der Waals surface area contributed by atoms with Crippen molar-refractivity contribution in [2.45, 2.75) is 12.8 Å². The first-order valence-electron chi connectivity index (χ1n) is 3.83. The summed E-state index contributed by atoms with van der Waals surface area (Å²) in [4.78, 5) is 0. The Labute approximate surface area is 56.0 Å². The van der Waals surface area contributed by atoms with E-state index in [1.807, 2.05) is 0 Å². The average Bonchev–Trinajstić information content (AvgIpc) is 2.45. The molecule has 2 saturated heterocycles. The molecule has 0 aromatic carbocycles. The number of hydrogen-bond acceptors (Lipinski definition) is 2. The lowest BCUT2D eigenvalue weighted by atomic mass is 9.87. The van der Waals surface area contributed by atoms with E-state index in [1.165, 1.54) is 39.0 Å². The third-order valence-corrected chi connectivity index (χ3v) is 2.66. The highest BCUT2D eigenvalue weighted by Gasteiger charge is 2.35. The van der Waals surface area contributed by atoms with Crippen LogP contribution in [0.15, 0.2) is 0 Å². The summed E-state index contributed by atoms with van der Waals surface area (Å²) in [6, 6.07) is 0. The van der Waals surface area contributed by atoms with Crippen molar-refractivity contribution < 1.29 is 0 Å². The SMILES string of the molecule is C1CC2(CCNC2)CN1. The monoisotopic (exact) mass is 126 g/mol. The highest BCUT2D eigenvalue weighted by molar-refractivity contribution is 4.93. The van der Waals surface area contributed by atoms with Crippen LogP contribution in [0.25, 0.3) is 0 Å². The van der Waals surface area contributed by atoms with Gasteiger partial charge in [-0.3, -0.25) is 0 Å². The van der Waals surface area contributed by atoms with E-state index in [4.69, 9.17) is 0 Å². The maximum Gasteiger partial charge on any atom is 0.00209 e. The molecule has 2 nitrogen and oxygen atoms in total. The van der Waals surface area contributed by atoms with Crippen molar-refractivity contribution in [3.8, 4) is 0 Å². The first-order valence-corrected chi connectivity index (χ1v) is 3.83. The van der Waals surface area contributed by atoms with Gasteiger partial charge in [-0.15, -0.1) is 0 Å². The highest BCUT2D eigenvalue weighted by Crippen LogP contribution is 2.31. The zero-order chi connectivity index (χ0) is 6.16. The summed E-state index contributed by atoms with van der Waals surface area (Å²) in [6.45, 7) is 4.98. The molecular formula is C7H14N2. The van der Waals surface area contributed by atoms with Crippen LogP contribution in [-0.4, -0.2) is 26.2 Å². The minimum Gasteiger partial charge on any atom is -0.316 e. The molecule has 2 heteroatoms. The molecule has 0 aliphatic carbocycles. The smallest absolute Gasteiger partial charge is 0.00209 e. The fourth-order valence-electron chi connectivity index (χ4n) is 1.96. The summed E-state index contributed by atoms with van der Waals surface area (Å²) in [6.07, 6.45) is 2.78. The number of rotatable bonds is 0. The van der Waals surface area contributed by atoms with E-state index >= 15 is 0 Å². The van der Waals surface area contributed by atoms with Crippen LogP contribution < -0.4 is 10.6 Å². The van der Waals surface area contributed by atoms with Gasteiger partial charge < -0.3 is 10.6 Å². The molecule has 0 amide bonds. The molecular weight excluding hydrogens is 112 g/mol. The summed E-state index contributed by atoms with van der Waals surface area (Å²) in [5.74, 6) is 0. The van der Waals surface area contributed by atoms with Crippen molar-refractivity contribution in [2.75, 3.05) is 26.2 Å². The average molecular weight is 126 g/mol. The van der Waals surface area contributed by atoms with Gasteiger partial charge in [-0.25, -0.2) is 0 Å². The molecule has 2 fully saturated rings. The van der Waals surface area contributed by atoms with Gasteiger partial charge in [-0.05, 0) is 31.3 Å². The second-order valence-corrected chi connectivity index (χ2v) is 3.35. The van der Waals surface area contributed by atoms with Gasteiger partial charge in [0.05, 0.1) is 0 Å². The van der Waals surface area contributed by atoms with Gasteiger partial charge in [-0.2, -0.15) is 0 Å². The Morgan fingerprint density at radius 1 is 0.889 bits per heavy atom. The standard InChI is InChI=1S/C7H14N2/c1-3-8-5-7(1)2-4-9-6-7/h8-9H,1-6H2. The molecule has 0 radical (unpaired) electrons. The summed E-state index contributed by atoms with van der Waals surface area (Å²) in [7, 11) is 0. The third kappa shape index (κ3) is 0.864. The molecule has 2 N–H and O–H groups in total. The second kappa shape index (κ2) is 1.96. The van der Waals surface area contributed by atoms with E-state index in [1.54, 1.807) is 0 Å². The van der Waals surface area contributed by atoms with Crippen molar-refractivity contribution in [2.24, 2.45) is 5.41 Å². The van der Waals surface area contributed by atoms with E-state index in [-0.39, 0.29) is 0 Å². The first-order chi connectivity index (χ1) is 4.41. The Morgan fingerprint density at radius 2 is 1.44 bits per heavy atom. The van der Waals surface area contributed by atoms with Crippen molar-refractivity contribution >= 4 is 0 Å². The molecule has 0 unspecified atom stereocenters. The molecule has 2 heterocycles. The lowest BCUT2D eigenvalue weighted by Gasteiger charge is -2.18. The predicted octanol–water partition coefficient (Wildman–Crippen LogP) is -0.0406. The minimum absolute atomic E-state index is 0.667. The van der Waals surface area contributed by atoms with E-state index in [0.29, 0.717) is 5.41 Å². The van der Waals surface area contributed by atoms with Gasteiger partial charge in [0.2, 0.25) is 0 Å². The van der Waals surface area contributed by atoms with Crippen LogP contribution in [0.3, 0.4) is 0 Å². The lowest BCUT2D eigenvalue weighted by molar-refractivity contribution is 0.365. The number of hydrogen-bond donors (Lipinski definition) is 2. The maximum atomic E-state index is 3.42.